The van der Waals surface area contributed by atoms with Crippen molar-refractivity contribution >= 4 is 5.91 Å². The fraction of sp³-hybridized carbons (Fsp3) is 0.500. The van der Waals surface area contributed by atoms with Gasteiger partial charge in [0.05, 0.1) is 32.5 Å². The molecule has 2 aliphatic rings. The summed E-state index contributed by atoms with van der Waals surface area (Å²) in [5.74, 6) is 0.849. The minimum absolute atomic E-state index is 0.0406. The molecule has 7 nitrogen and oxygen atoms in total. The highest BCUT2D eigenvalue weighted by Crippen LogP contribution is 2.31. The van der Waals surface area contributed by atoms with E-state index in [2.05, 4.69) is 9.80 Å². The molecule has 0 bridgehead atoms. The number of methoxy groups -OCH3 is 2. The van der Waals surface area contributed by atoms with Gasteiger partial charge >= 0.3 is 6.18 Å². The molecule has 4 rings (SSSR count). The highest BCUT2D eigenvalue weighted by atomic mass is 19.4. The minimum atomic E-state index is -4.34. The number of carbonyl (C=O) groups excluding carboxylic acids is 1. The Kier molecular flexibility index (Phi) is 8.38. The van der Waals surface area contributed by atoms with Gasteiger partial charge in [-0.2, -0.15) is 13.2 Å². The van der Waals surface area contributed by atoms with Crippen molar-refractivity contribution in [2.75, 3.05) is 66.6 Å². The summed E-state index contributed by atoms with van der Waals surface area (Å²) in [5, 5.41) is 0. The molecule has 2 heterocycles. The molecule has 0 spiro atoms. The van der Waals surface area contributed by atoms with E-state index >= 15 is 0 Å². The van der Waals surface area contributed by atoms with E-state index < -0.39 is 11.7 Å². The van der Waals surface area contributed by atoms with E-state index in [0.29, 0.717) is 81.6 Å². The number of morpholine rings is 1. The van der Waals surface area contributed by atoms with Gasteiger partial charge in [0.25, 0.3) is 5.91 Å². The van der Waals surface area contributed by atoms with Gasteiger partial charge in [-0.15, -0.1) is 0 Å². The molecule has 2 aromatic carbocycles. The zero-order valence-corrected chi connectivity index (χ0v) is 20.6. The van der Waals surface area contributed by atoms with Crippen LogP contribution in [0, 0.1) is 0 Å². The van der Waals surface area contributed by atoms with Gasteiger partial charge in [-0.3, -0.25) is 14.6 Å². The maximum atomic E-state index is 13.2. The number of piperazine rings is 1. The van der Waals surface area contributed by atoms with E-state index in [0.717, 1.165) is 6.07 Å². The van der Waals surface area contributed by atoms with Crippen LogP contribution < -0.4 is 9.47 Å². The van der Waals surface area contributed by atoms with Crippen LogP contribution in [-0.4, -0.2) is 93.4 Å². The Morgan fingerprint density at radius 2 is 1.64 bits per heavy atom. The molecule has 2 aromatic rings. The zero-order valence-electron chi connectivity index (χ0n) is 20.6. The van der Waals surface area contributed by atoms with Crippen molar-refractivity contribution in [2.45, 2.75) is 18.8 Å². The summed E-state index contributed by atoms with van der Waals surface area (Å²) in [6.45, 7) is 5.57. The SMILES string of the molecule is COc1cccc(OC)c1C(=O)N1CCN(CC2CN(Cc3cccc(C(F)(F)F)c3)CCO2)CC1. The van der Waals surface area contributed by atoms with Crippen molar-refractivity contribution in [3.05, 3.63) is 59.2 Å². The van der Waals surface area contributed by atoms with Gasteiger partial charge in [0.2, 0.25) is 0 Å². The molecule has 196 valence electrons. The number of halogens is 3. The van der Waals surface area contributed by atoms with Crippen LogP contribution in [0.15, 0.2) is 42.5 Å². The second-order valence-corrected chi connectivity index (χ2v) is 9.06. The van der Waals surface area contributed by atoms with Crippen molar-refractivity contribution in [2.24, 2.45) is 0 Å². The van der Waals surface area contributed by atoms with Gasteiger partial charge in [-0.25, -0.2) is 0 Å². The lowest BCUT2D eigenvalue weighted by atomic mass is 10.1. The number of rotatable bonds is 7. The van der Waals surface area contributed by atoms with Crippen molar-refractivity contribution in [3.8, 4) is 11.5 Å². The van der Waals surface area contributed by atoms with Crippen LogP contribution in [0.1, 0.15) is 21.5 Å². The summed E-state index contributed by atoms with van der Waals surface area (Å²) < 4.78 is 55.8. The van der Waals surface area contributed by atoms with Gasteiger partial charge < -0.3 is 19.1 Å². The molecule has 0 radical (unpaired) electrons. The fourth-order valence-corrected chi connectivity index (χ4v) is 4.78. The molecule has 1 atom stereocenters. The Morgan fingerprint density at radius 1 is 0.972 bits per heavy atom. The summed E-state index contributed by atoms with van der Waals surface area (Å²) in [6.07, 6.45) is -4.38. The summed E-state index contributed by atoms with van der Waals surface area (Å²) in [7, 11) is 3.06. The van der Waals surface area contributed by atoms with Gasteiger partial charge in [0.15, 0.2) is 0 Å². The van der Waals surface area contributed by atoms with Gasteiger partial charge in [0.1, 0.15) is 17.1 Å². The first kappa shape index (κ1) is 26.2. The summed E-state index contributed by atoms with van der Waals surface area (Å²) in [5.41, 5.74) is 0.448. The molecule has 2 aliphatic heterocycles. The van der Waals surface area contributed by atoms with Crippen LogP contribution in [0.4, 0.5) is 13.2 Å². The standard InChI is InChI=1S/C26H32F3N3O4/c1-34-22-7-4-8-23(35-2)24(22)25(33)32-11-9-30(10-12-32)17-21-18-31(13-14-36-21)16-19-5-3-6-20(15-19)26(27,28)29/h3-8,15,21H,9-14,16-18H2,1-2H3. The first-order chi connectivity index (χ1) is 17.3. The van der Waals surface area contributed by atoms with Gasteiger partial charge in [-0.05, 0) is 23.8 Å². The predicted molar refractivity (Wildman–Crippen MR) is 128 cm³/mol. The number of benzene rings is 2. The number of amides is 1. The number of alkyl halides is 3. The monoisotopic (exact) mass is 507 g/mol. The molecule has 1 unspecified atom stereocenters. The Morgan fingerprint density at radius 3 is 2.28 bits per heavy atom. The molecular formula is C26H32F3N3O4. The van der Waals surface area contributed by atoms with E-state index in [1.807, 2.05) is 0 Å². The van der Waals surface area contributed by atoms with E-state index in [4.69, 9.17) is 14.2 Å². The molecule has 0 N–H and O–H groups in total. The van der Waals surface area contributed by atoms with E-state index in [-0.39, 0.29) is 12.0 Å². The lowest BCUT2D eigenvalue weighted by molar-refractivity contribution is -0.137. The summed E-state index contributed by atoms with van der Waals surface area (Å²) >= 11 is 0. The van der Waals surface area contributed by atoms with Crippen molar-refractivity contribution in [3.63, 3.8) is 0 Å². The Labute approximate surface area is 209 Å². The van der Waals surface area contributed by atoms with E-state index in [1.165, 1.54) is 26.4 Å². The van der Waals surface area contributed by atoms with E-state index in [1.54, 1.807) is 29.2 Å². The van der Waals surface area contributed by atoms with Crippen LogP contribution in [0.2, 0.25) is 0 Å². The molecule has 0 saturated carbocycles. The first-order valence-electron chi connectivity index (χ1n) is 12.0. The molecular weight excluding hydrogens is 475 g/mol. The number of hydrogen-bond acceptors (Lipinski definition) is 6. The highest BCUT2D eigenvalue weighted by Gasteiger charge is 2.31. The maximum absolute atomic E-state index is 13.2. The third-order valence-corrected chi connectivity index (χ3v) is 6.65. The number of hydrogen-bond donors (Lipinski definition) is 0. The number of ether oxygens (including phenoxy) is 3. The molecule has 1 amide bonds. The van der Waals surface area contributed by atoms with Crippen LogP contribution in [0.5, 0.6) is 11.5 Å². The Hall–Kier alpha value is -2.82. The average Bonchev–Trinajstić information content (AvgIpc) is 2.88. The topological polar surface area (TPSA) is 54.5 Å². The summed E-state index contributed by atoms with van der Waals surface area (Å²) in [6, 6.07) is 10.8. The third-order valence-electron chi connectivity index (χ3n) is 6.65. The average molecular weight is 508 g/mol. The molecule has 2 fully saturated rings. The normalized spacial score (nSPS) is 19.8. The highest BCUT2D eigenvalue weighted by molar-refractivity contribution is 5.99. The van der Waals surface area contributed by atoms with Crippen molar-refractivity contribution in [1.82, 2.24) is 14.7 Å². The van der Waals surface area contributed by atoms with Gasteiger partial charge in [-0.1, -0.05) is 24.3 Å². The first-order valence-corrected chi connectivity index (χ1v) is 12.0. The lowest BCUT2D eigenvalue weighted by Crippen LogP contribution is -2.53. The maximum Gasteiger partial charge on any atom is 0.416 e. The zero-order chi connectivity index (χ0) is 25.7. The number of carbonyl (C=O) groups is 1. The molecule has 36 heavy (non-hydrogen) atoms. The molecule has 2 saturated heterocycles. The van der Waals surface area contributed by atoms with Crippen molar-refractivity contribution in [1.29, 1.82) is 0 Å². The smallest absolute Gasteiger partial charge is 0.416 e. The fourth-order valence-electron chi connectivity index (χ4n) is 4.78. The van der Waals surface area contributed by atoms with Crippen LogP contribution in [0.3, 0.4) is 0 Å². The summed E-state index contributed by atoms with van der Waals surface area (Å²) in [4.78, 5) is 19.4. The second-order valence-electron chi connectivity index (χ2n) is 9.06. The number of nitrogens with zero attached hydrogens (tertiary/aromatic N) is 3. The minimum Gasteiger partial charge on any atom is -0.496 e. The van der Waals surface area contributed by atoms with Crippen LogP contribution in [-0.2, 0) is 17.5 Å². The molecule has 0 aliphatic carbocycles. The lowest BCUT2D eigenvalue weighted by Gasteiger charge is -2.39. The second kappa shape index (κ2) is 11.5. The molecule has 10 heteroatoms. The largest absolute Gasteiger partial charge is 0.496 e. The third kappa shape index (κ3) is 6.29. The molecule has 0 aromatic heterocycles. The van der Waals surface area contributed by atoms with Crippen LogP contribution in [0.25, 0.3) is 0 Å². The van der Waals surface area contributed by atoms with Crippen molar-refractivity contribution < 1.29 is 32.2 Å². The predicted octanol–water partition coefficient (Wildman–Crippen LogP) is 3.38. The van der Waals surface area contributed by atoms with E-state index in [9.17, 15) is 18.0 Å². The Bertz CT molecular complexity index is 1020. The Balaban J connectivity index is 1.29. The van der Waals surface area contributed by atoms with Gasteiger partial charge in [0, 0.05) is 52.4 Å². The van der Waals surface area contributed by atoms with Crippen LogP contribution >= 0.6 is 0 Å². The quantitative estimate of drug-likeness (QED) is 0.573.